The van der Waals surface area contributed by atoms with E-state index in [1.165, 1.54) is 6.33 Å². The second-order valence-electron chi connectivity index (χ2n) is 2.71. The molecule has 0 aliphatic rings. The lowest BCUT2D eigenvalue weighted by atomic mass is 10.5. The molecule has 0 aromatic carbocycles. The smallest absolute Gasteiger partial charge is 0.227 e. The van der Waals surface area contributed by atoms with Crippen LogP contribution in [0.2, 0.25) is 0 Å². The summed E-state index contributed by atoms with van der Waals surface area (Å²) in [6.07, 6.45) is 3.24. The van der Waals surface area contributed by atoms with Crippen LogP contribution in [0.15, 0.2) is 30.7 Å². The number of hydrogen-bond donors (Lipinski definition) is 1. The monoisotopic (exact) mass is 189 g/mol. The highest BCUT2D eigenvalue weighted by Crippen LogP contribution is 2.07. The van der Waals surface area contributed by atoms with Gasteiger partial charge in [0, 0.05) is 12.7 Å². The maximum Gasteiger partial charge on any atom is 0.227 e. The summed E-state index contributed by atoms with van der Waals surface area (Å²) in [7, 11) is 0. The van der Waals surface area contributed by atoms with Crippen LogP contribution in [0, 0.1) is 0 Å². The third-order valence-electron chi connectivity index (χ3n) is 1.75. The van der Waals surface area contributed by atoms with E-state index < -0.39 is 0 Å². The molecule has 2 heterocycles. The minimum Gasteiger partial charge on any atom is -0.354 e. The van der Waals surface area contributed by atoms with Crippen molar-refractivity contribution in [2.45, 2.75) is 6.92 Å². The molecule has 0 saturated heterocycles. The van der Waals surface area contributed by atoms with Gasteiger partial charge >= 0.3 is 0 Å². The molecule has 72 valence electrons. The Morgan fingerprint density at radius 2 is 2.29 bits per heavy atom. The van der Waals surface area contributed by atoms with Gasteiger partial charge in [-0.3, -0.25) is 0 Å². The zero-order valence-corrected chi connectivity index (χ0v) is 7.88. The first-order valence-electron chi connectivity index (χ1n) is 4.47. The van der Waals surface area contributed by atoms with E-state index in [9.17, 15) is 0 Å². The molecule has 0 aliphatic heterocycles. The van der Waals surface area contributed by atoms with Gasteiger partial charge in [-0.1, -0.05) is 6.07 Å². The fraction of sp³-hybridized carbons (Fsp3) is 0.222. The van der Waals surface area contributed by atoms with Crippen LogP contribution in [0.4, 0.5) is 5.95 Å². The van der Waals surface area contributed by atoms with E-state index in [2.05, 4.69) is 20.4 Å². The molecule has 14 heavy (non-hydrogen) atoms. The summed E-state index contributed by atoms with van der Waals surface area (Å²) >= 11 is 0. The summed E-state index contributed by atoms with van der Waals surface area (Å²) in [5.74, 6) is 1.48. The van der Waals surface area contributed by atoms with Crippen LogP contribution in [0.3, 0.4) is 0 Å². The van der Waals surface area contributed by atoms with E-state index in [0.717, 1.165) is 12.4 Å². The molecule has 0 bridgehead atoms. The number of pyridine rings is 1. The van der Waals surface area contributed by atoms with Crippen molar-refractivity contribution >= 4 is 5.95 Å². The summed E-state index contributed by atoms with van der Waals surface area (Å²) in [6.45, 7) is 2.82. The Morgan fingerprint density at radius 3 is 3.00 bits per heavy atom. The fourth-order valence-corrected chi connectivity index (χ4v) is 1.17. The van der Waals surface area contributed by atoms with Crippen molar-refractivity contribution in [3.05, 3.63) is 30.7 Å². The van der Waals surface area contributed by atoms with E-state index in [1.807, 2.05) is 25.1 Å². The van der Waals surface area contributed by atoms with Crippen molar-refractivity contribution in [3.63, 3.8) is 0 Å². The molecule has 2 aromatic rings. The molecule has 0 spiro atoms. The van der Waals surface area contributed by atoms with Gasteiger partial charge in [-0.2, -0.15) is 14.8 Å². The van der Waals surface area contributed by atoms with Gasteiger partial charge in [-0.15, -0.1) is 0 Å². The highest BCUT2D eigenvalue weighted by Gasteiger charge is 2.04. The average Bonchev–Trinajstić information content (AvgIpc) is 2.68. The number of rotatable bonds is 3. The van der Waals surface area contributed by atoms with Crippen LogP contribution in [0.5, 0.6) is 0 Å². The molecule has 5 nitrogen and oxygen atoms in total. The zero-order chi connectivity index (χ0) is 9.80. The predicted octanol–water partition coefficient (Wildman–Crippen LogP) is 1.09. The summed E-state index contributed by atoms with van der Waals surface area (Å²) < 4.78 is 1.67. The summed E-state index contributed by atoms with van der Waals surface area (Å²) in [5, 5.41) is 7.19. The third kappa shape index (κ3) is 1.56. The van der Waals surface area contributed by atoms with Gasteiger partial charge < -0.3 is 5.32 Å². The molecule has 2 aromatic heterocycles. The fourth-order valence-electron chi connectivity index (χ4n) is 1.17. The molecular formula is C9H11N5. The van der Waals surface area contributed by atoms with E-state index in [4.69, 9.17) is 0 Å². The first kappa shape index (κ1) is 8.68. The van der Waals surface area contributed by atoms with E-state index in [0.29, 0.717) is 5.95 Å². The van der Waals surface area contributed by atoms with Crippen LogP contribution >= 0.6 is 0 Å². The molecule has 2 rings (SSSR count). The maximum absolute atomic E-state index is 4.18. The number of hydrogen-bond acceptors (Lipinski definition) is 4. The Balaban J connectivity index is 2.37. The Bertz CT molecular complexity index is 395. The second kappa shape index (κ2) is 3.87. The van der Waals surface area contributed by atoms with Crippen LogP contribution in [-0.4, -0.2) is 26.3 Å². The zero-order valence-electron chi connectivity index (χ0n) is 7.88. The average molecular weight is 189 g/mol. The minimum absolute atomic E-state index is 0.714. The molecule has 1 N–H and O–H groups in total. The van der Waals surface area contributed by atoms with Gasteiger partial charge in [0.2, 0.25) is 5.95 Å². The SMILES string of the molecule is CCNc1ncnn1-c1ccccn1. The van der Waals surface area contributed by atoms with E-state index >= 15 is 0 Å². The Kier molecular flexibility index (Phi) is 2.40. The van der Waals surface area contributed by atoms with Crippen LogP contribution in [-0.2, 0) is 0 Å². The topological polar surface area (TPSA) is 55.6 Å². The van der Waals surface area contributed by atoms with Crippen LogP contribution < -0.4 is 5.32 Å². The molecule has 5 heteroatoms. The summed E-state index contributed by atoms with van der Waals surface area (Å²) in [5.41, 5.74) is 0. The molecule has 0 fully saturated rings. The number of aromatic nitrogens is 4. The molecule has 0 saturated carbocycles. The first-order valence-corrected chi connectivity index (χ1v) is 4.47. The largest absolute Gasteiger partial charge is 0.354 e. The highest BCUT2D eigenvalue weighted by molar-refractivity contribution is 5.33. The molecule has 0 radical (unpaired) electrons. The van der Waals surface area contributed by atoms with E-state index in [-0.39, 0.29) is 0 Å². The Labute approximate surface area is 81.8 Å². The number of nitrogens with zero attached hydrogens (tertiary/aromatic N) is 4. The Morgan fingerprint density at radius 1 is 1.36 bits per heavy atom. The lowest BCUT2D eigenvalue weighted by Gasteiger charge is -2.04. The van der Waals surface area contributed by atoms with Crippen molar-refractivity contribution in [2.75, 3.05) is 11.9 Å². The molecular weight excluding hydrogens is 178 g/mol. The van der Waals surface area contributed by atoms with Crippen molar-refractivity contribution < 1.29 is 0 Å². The van der Waals surface area contributed by atoms with Crippen molar-refractivity contribution in [3.8, 4) is 5.82 Å². The summed E-state index contributed by atoms with van der Waals surface area (Å²) in [6, 6.07) is 5.67. The van der Waals surface area contributed by atoms with E-state index in [1.54, 1.807) is 10.9 Å². The van der Waals surface area contributed by atoms with Gasteiger partial charge in [0.05, 0.1) is 0 Å². The maximum atomic E-state index is 4.18. The lowest BCUT2D eigenvalue weighted by Crippen LogP contribution is -2.07. The van der Waals surface area contributed by atoms with Crippen molar-refractivity contribution in [1.82, 2.24) is 19.7 Å². The van der Waals surface area contributed by atoms with Gasteiger partial charge in [0.15, 0.2) is 5.82 Å². The number of anilines is 1. The van der Waals surface area contributed by atoms with Gasteiger partial charge in [-0.05, 0) is 19.1 Å². The molecule has 0 aliphatic carbocycles. The minimum atomic E-state index is 0.714. The Hall–Kier alpha value is -1.91. The van der Waals surface area contributed by atoms with Gasteiger partial charge in [0.1, 0.15) is 6.33 Å². The van der Waals surface area contributed by atoms with Crippen LogP contribution in [0.25, 0.3) is 5.82 Å². The van der Waals surface area contributed by atoms with Crippen molar-refractivity contribution in [2.24, 2.45) is 0 Å². The first-order chi connectivity index (χ1) is 6.92. The summed E-state index contributed by atoms with van der Waals surface area (Å²) in [4.78, 5) is 8.27. The quantitative estimate of drug-likeness (QED) is 0.785. The molecule has 0 atom stereocenters. The number of nitrogens with one attached hydrogen (secondary N) is 1. The van der Waals surface area contributed by atoms with Gasteiger partial charge in [0.25, 0.3) is 0 Å². The lowest BCUT2D eigenvalue weighted by molar-refractivity contribution is 0.845. The molecule has 0 unspecified atom stereocenters. The third-order valence-corrected chi connectivity index (χ3v) is 1.75. The van der Waals surface area contributed by atoms with Gasteiger partial charge in [-0.25, -0.2) is 4.98 Å². The predicted molar refractivity (Wildman–Crippen MR) is 53.3 cm³/mol. The second-order valence-corrected chi connectivity index (χ2v) is 2.71. The van der Waals surface area contributed by atoms with Crippen LogP contribution in [0.1, 0.15) is 6.92 Å². The standard InChI is InChI=1S/C9H11N5/c1-2-10-9-12-7-13-14(9)8-5-3-4-6-11-8/h3-7H,2H2,1H3,(H,10,12,13). The van der Waals surface area contributed by atoms with Crippen molar-refractivity contribution in [1.29, 1.82) is 0 Å². The molecule has 0 amide bonds. The highest BCUT2D eigenvalue weighted by atomic mass is 15.4. The normalized spacial score (nSPS) is 10.1.